The number of nitrogens with zero attached hydrogens (tertiary/aromatic N) is 1. The summed E-state index contributed by atoms with van der Waals surface area (Å²) >= 11 is 0. The van der Waals surface area contributed by atoms with Crippen molar-refractivity contribution in [2.24, 2.45) is 0 Å². The van der Waals surface area contributed by atoms with Gasteiger partial charge in [-0.1, -0.05) is 6.07 Å². The number of nitrogens with one attached hydrogen (secondary N) is 1. The first-order valence-electron chi connectivity index (χ1n) is 6.01. The molecule has 1 amide bonds. The SMILES string of the molecule is CNc1cccc2c1CN(C(CC(=O)O)C(=O)O)C2=O. The lowest BCUT2D eigenvalue weighted by atomic mass is 10.1. The minimum absolute atomic E-state index is 0.0927. The third-order valence-electron chi connectivity index (χ3n) is 3.29. The molecule has 20 heavy (non-hydrogen) atoms. The molecule has 7 nitrogen and oxygen atoms in total. The molecule has 1 aliphatic heterocycles. The average Bonchev–Trinajstić information content (AvgIpc) is 2.73. The van der Waals surface area contributed by atoms with Gasteiger partial charge in [0.2, 0.25) is 0 Å². The van der Waals surface area contributed by atoms with E-state index in [-0.39, 0.29) is 6.54 Å². The van der Waals surface area contributed by atoms with Gasteiger partial charge in [0.25, 0.3) is 5.91 Å². The number of hydrogen-bond donors (Lipinski definition) is 3. The van der Waals surface area contributed by atoms with Crippen LogP contribution in [-0.4, -0.2) is 46.0 Å². The number of carbonyl (C=O) groups is 3. The summed E-state index contributed by atoms with van der Waals surface area (Å²) in [7, 11) is 1.70. The molecule has 7 heteroatoms. The molecular weight excluding hydrogens is 264 g/mol. The molecular formula is C13H14N2O5. The van der Waals surface area contributed by atoms with Crippen molar-refractivity contribution in [1.29, 1.82) is 0 Å². The molecule has 0 radical (unpaired) electrons. The maximum atomic E-state index is 12.2. The van der Waals surface area contributed by atoms with Crippen molar-refractivity contribution < 1.29 is 24.6 Å². The Kier molecular flexibility index (Phi) is 3.60. The van der Waals surface area contributed by atoms with Gasteiger partial charge >= 0.3 is 11.9 Å². The van der Waals surface area contributed by atoms with Crippen LogP contribution in [0, 0.1) is 0 Å². The number of anilines is 1. The van der Waals surface area contributed by atoms with Crippen molar-refractivity contribution >= 4 is 23.5 Å². The fraction of sp³-hybridized carbons (Fsp3) is 0.308. The molecule has 2 rings (SSSR count). The quantitative estimate of drug-likeness (QED) is 0.728. The van der Waals surface area contributed by atoms with E-state index in [1.54, 1.807) is 25.2 Å². The highest BCUT2D eigenvalue weighted by Gasteiger charge is 2.38. The van der Waals surface area contributed by atoms with Gasteiger partial charge < -0.3 is 20.4 Å². The summed E-state index contributed by atoms with van der Waals surface area (Å²) in [6.45, 7) is 0.0927. The Morgan fingerprint density at radius 3 is 2.65 bits per heavy atom. The van der Waals surface area contributed by atoms with Crippen LogP contribution in [0.15, 0.2) is 18.2 Å². The summed E-state index contributed by atoms with van der Waals surface area (Å²) in [6.07, 6.45) is -0.621. The lowest BCUT2D eigenvalue weighted by Crippen LogP contribution is -2.42. The van der Waals surface area contributed by atoms with Crippen molar-refractivity contribution in [3.63, 3.8) is 0 Å². The van der Waals surface area contributed by atoms with Crippen LogP contribution in [0.1, 0.15) is 22.3 Å². The van der Waals surface area contributed by atoms with Gasteiger partial charge in [-0.15, -0.1) is 0 Å². The number of aliphatic carboxylic acids is 2. The van der Waals surface area contributed by atoms with Crippen molar-refractivity contribution in [3.05, 3.63) is 29.3 Å². The van der Waals surface area contributed by atoms with Gasteiger partial charge in [0.15, 0.2) is 0 Å². The Morgan fingerprint density at radius 2 is 2.10 bits per heavy atom. The van der Waals surface area contributed by atoms with Crippen LogP contribution in [-0.2, 0) is 16.1 Å². The van der Waals surface area contributed by atoms with Gasteiger partial charge in [0.05, 0.1) is 6.42 Å². The fourth-order valence-electron chi connectivity index (χ4n) is 2.34. The molecule has 1 atom stereocenters. The minimum Gasteiger partial charge on any atom is -0.481 e. The predicted octanol–water partition coefficient (Wildman–Crippen LogP) is 0.612. The predicted molar refractivity (Wildman–Crippen MR) is 69.5 cm³/mol. The molecule has 3 N–H and O–H groups in total. The van der Waals surface area contributed by atoms with E-state index in [2.05, 4.69) is 5.32 Å². The van der Waals surface area contributed by atoms with Gasteiger partial charge in [0.1, 0.15) is 6.04 Å². The molecule has 1 aromatic rings. The summed E-state index contributed by atoms with van der Waals surface area (Å²) in [4.78, 5) is 35.3. The highest BCUT2D eigenvalue weighted by atomic mass is 16.4. The first kappa shape index (κ1) is 13.9. The molecule has 1 heterocycles. The Bertz CT molecular complexity index is 584. The van der Waals surface area contributed by atoms with E-state index in [4.69, 9.17) is 10.2 Å². The highest BCUT2D eigenvalue weighted by molar-refractivity contribution is 6.02. The zero-order valence-electron chi connectivity index (χ0n) is 10.8. The van der Waals surface area contributed by atoms with E-state index in [1.807, 2.05) is 0 Å². The summed E-state index contributed by atoms with van der Waals surface area (Å²) in [5.41, 5.74) is 1.84. The Balaban J connectivity index is 2.35. The molecule has 1 aliphatic rings. The van der Waals surface area contributed by atoms with Crippen molar-refractivity contribution in [2.45, 2.75) is 19.0 Å². The van der Waals surface area contributed by atoms with Crippen molar-refractivity contribution in [3.8, 4) is 0 Å². The molecule has 0 bridgehead atoms. The van der Waals surface area contributed by atoms with Crippen LogP contribution in [0.3, 0.4) is 0 Å². The van der Waals surface area contributed by atoms with Crippen molar-refractivity contribution in [2.75, 3.05) is 12.4 Å². The number of rotatable bonds is 5. The first-order chi connectivity index (χ1) is 9.45. The van der Waals surface area contributed by atoms with Gasteiger partial charge in [-0.3, -0.25) is 9.59 Å². The standard InChI is InChI=1S/C13H14N2O5/c1-14-9-4-2-3-7-8(9)6-15(12(7)18)10(13(19)20)5-11(16)17/h2-4,10,14H,5-6H2,1H3,(H,16,17)(H,19,20). The summed E-state index contributed by atoms with van der Waals surface area (Å²) in [5, 5.41) is 20.9. The van der Waals surface area contributed by atoms with Gasteiger partial charge in [-0.2, -0.15) is 0 Å². The smallest absolute Gasteiger partial charge is 0.327 e. The van der Waals surface area contributed by atoms with E-state index in [0.717, 1.165) is 10.6 Å². The third kappa shape index (κ3) is 2.29. The van der Waals surface area contributed by atoms with Crippen LogP contribution in [0.2, 0.25) is 0 Å². The molecule has 0 saturated heterocycles. The summed E-state index contributed by atoms with van der Waals surface area (Å²) in [6, 6.07) is 3.72. The number of carboxylic acid groups (broad SMARTS) is 2. The molecule has 0 aliphatic carbocycles. The van der Waals surface area contributed by atoms with Crippen molar-refractivity contribution in [1.82, 2.24) is 4.90 Å². The maximum absolute atomic E-state index is 12.2. The van der Waals surface area contributed by atoms with E-state index in [1.165, 1.54) is 0 Å². The number of carbonyl (C=O) groups excluding carboxylic acids is 1. The first-order valence-corrected chi connectivity index (χ1v) is 6.01. The van der Waals surface area contributed by atoms with Gasteiger partial charge in [0, 0.05) is 30.4 Å². The van der Waals surface area contributed by atoms with E-state index in [0.29, 0.717) is 11.1 Å². The largest absolute Gasteiger partial charge is 0.481 e. The monoisotopic (exact) mass is 278 g/mol. The highest BCUT2D eigenvalue weighted by Crippen LogP contribution is 2.31. The number of amides is 1. The molecule has 0 fully saturated rings. The third-order valence-corrected chi connectivity index (χ3v) is 3.29. The van der Waals surface area contributed by atoms with Crippen LogP contribution < -0.4 is 5.32 Å². The number of carboxylic acids is 2. The number of hydrogen-bond acceptors (Lipinski definition) is 4. The molecule has 1 aromatic carbocycles. The van der Waals surface area contributed by atoms with Gasteiger partial charge in [-0.25, -0.2) is 4.79 Å². The second kappa shape index (κ2) is 5.20. The lowest BCUT2D eigenvalue weighted by molar-refractivity contribution is -0.148. The summed E-state index contributed by atoms with van der Waals surface area (Å²) < 4.78 is 0. The summed E-state index contributed by atoms with van der Waals surface area (Å²) in [5.74, 6) is -3.03. The van der Waals surface area contributed by atoms with E-state index < -0.39 is 30.3 Å². The van der Waals surface area contributed by atoms with Gasteiger partial charge in [-0.05, 0) is 12.1 Å². The molecule has 0 saturated carbocycles. The second-order valence-electron chi connectivity index (χ2n) is 4.47. The fourth-order valence-corrected chi connectivity index (χ4v) is 2.34. The molecule has 1 unspecified atom stereocenters. The molecule has 0 spiro atoms. The average molecular weight is 278 g/mol. The lowest BCUT2D eigenvalue weighted by Gasteiger charge is -2.22. The molecule has 0 aromatic heterocycles. The maximum Gasteiger partial charge on any atom is 0.327 e. The second-order valence-corrected chi connectivity index (χ2v) is 4.47. The zero-order valence-corrected chi connectivity index (χ0v) is 10.8. The minimum atomic E-state index is -1.36. The normalized spacial score (nSPS) is 14.8. The van der Waals surface area contributed by atoms with E-state index >= 15 is 0 Å². The molecule has 106 valence electrons. The zero-order chi connectivity index (χ0) is 14.9. The van der Waals surface area contributed by atoms with Crippen LogP contribution >= 0.6 is 0 Å². The topological polar surface area (TPSA) is 107 Å². The number of benzene rings is 1. The van der Waals surface area contributed by atoms with E-state index in [9.17, 15) is 14.4 Å². The van der Waals surface area contributed by atoms with Crippen LogP contribution in [0.4, 0.5) is 5.69 Å². The van der Waals surface area contributed by atoms with Crippen LogP contribution in [0.5, 0.6) is 0 Å². The number of fused-ring (bicyclic) bond motifs is 1. The Labute approximate surface area is 114 Å². The Morgan fingerprint density at radius 1 is 1.40 bits per heavy atom. The Hall–Kier alpha value is -2.57. The van der Waals surface area contributed by atoms with Crippen LogP contribution in [0.25, 0.3) is 0 Å².